The van der Waals surface area contributed by atoms with E-state index < -0.39 is 37.2 Å². The first-order chi connectivity index (χ1) is 8.62. The highest BCUT2D eigenvalue weighted by Crippen LogP contribution is 2.25. The summed E-state index contributed by atoms with van der Waals surface area (Å²) in [5, 5.41) is 9.97. The fourth-order valence-corrected chi connectivity index (χ4v) is 5.25. The second-order valence-corrected chi connectivity index (χ2v) is 8.63. The van der Waals surface area contributed by atoms with Crippen LogP contribution in [-0.4, -0.2) is 60.5 Å². The number of hydrogen-bond donors (Lipinski definition) is 2. The van der Waals surface area contributed by atoms with Gasteiger partial charge in [0.15, 0.2) is 0 Å². The van der Waals surface area contributed by atoms with Gasteiger partial charge in [0.1, 0.15) is 5.75 Å². The molecule has 0 aromatic carbocycles. The third-order valence-electron chi connectivity index (χ3n) is 3.05. The van der Waals surface area contributed by atoms with E-state index in [4.69, 9.17) is 16.2 Å². The molecule has 114 valence electrons. The van der Waals surface area contributed by atoms with Crippen LogP contribution in [0.1, 0.15) is 25.7 Å². The quantitative estimate of drug-likeness (QED) is 0.500. The number of hydrogen-bond acceptors (Lipinski definition) is 5. The molecule has 0 amide bonds. The van der Waals surface area contributed by atoms with Crippen molar-refractivity contribution in [3.63, 3.8) is 0 Å². The number of rotatable bonds is 7. The summed E-state index contributed by atoms with van der Waals surface area (Å²) in [6.45, 7) is 0.610. The molecule has 1 unspecified atom stereocenters. The van der Waals surface area contributed by atoms with E-state index in [-0.39, 0.29) is 12.3 Å². The molecule has 1 rings (SSSR count). The molecular formula is C9H18ClNO6S2. The van der Waals surface area contributed by atoms with Crippen molar-refractivity contribution in [3.8, 4) is 0 Å². The lowest BCUT2D eigenvalue weighted by atomic mass is 10.2. The average Bonchev–Trinajstić information content (AvgIpc) is 2.78. The van der Waals surface area contributed by atoms with Gasteiger partial charge in [-0.25, -0.2) is 12.7 Å². The molecule has 1 atom stereocenters. The van der Waals surface area contributed by atoms with Crippen LogP contribution in [0.3, 0.4) is 0 Å². The minimum Gasteiger partial charge on any atom is -0.372 e. The van der Waals surface area contributed by atoms with Crippen molar-refractivity contribution < 1.29 is 26.5 Å². The average molecular weight is 336 g/mol. The molecule has 0 saturated carbocycles. The lowest BCUT2D eigenvalue weighted by Gasteiger charge is -2.26. The molecule has 0 aromatic heterocycles. The molecule has 0 bridgehead atoms. The lowest BCUT2D eigenvalue weighted by Crippen LogP contribution is -2.48. The molecule has 1 aliphatic heterocycles. The zero-order chi connectivity index (χ0) is 14.7. The van der Waals surface area contributed by atoms with Crippen molar-refractivity contribution in [1.82, 2.24) is 4.31 Å². The van der Waals surface area contributed by atoms with Crippen LogP contribution >= 0.6 is 11.6 Å². The molecule has 1 fully saturated rings. The van der Waals surface area contributed by atoms with Gasteiger partial charge in [0, 0.05) is 19.0 Å². The largest absolute Gasteiger partial charge is 0.372 e. The minimum atomic E-state index is -4.91. The summed E-state index contributed by atoms with van der Waals surface area (Å²) in [5.74, 6) is -0.989. The Bertz CT molecular complexity index is 499. The van der Waals surface area contributed by atoms with Gasteiger partial charge in [0.05, 0.1) is 0 Å². The standard InChI is InChI=1S/C9H18ClNO6S2/c10-5-3-4-9(12,19(15,16)17)8-18(13,14)11-6-1-2-7-11/h12H,1-8H2,(H,15,16,17). The van der Waals surface area contributed by atoms with E-state index in [1.807, 2.05) is 0 Å². The Balaban J connectivity index is 2.94. The second kappa shape index (κ2) is 6.23. The molecule has 7 nitrogen and oxygen atoms in total. The summed E-state index contributed by atoms with van der Waals surface area (Å²) in [6, 6.07) is 0. The maximum atomic E-state index is 12.0. The summed E-state index contributed by atoms with van der Waals surface area (Å²) in [5.41, 5.74) is 0. The first-order valence-electron chi connectivity index (χ1n) is 5.86. The molecule has 1 heterocycles. The van der Waals surface area contributed by atoms with Crippen molar-refractivity contribution in [1.29, 1.82) is 0 Å². The van der Waals surface area contributed by atoms with E-state index in [0.29, 0.717) is 25.9 Å². The van der Waals surface area contributed by atoms with Crippen molar-refractivity contribution in [3.05, 3.63) is 0 Å². The van der Waals surface area contributed by atoms with E-state index in [1.165, 1.54) is 0 Å². The summed E-state index contributed by atoms with van der Waals surface area (Å²) < 4.78 is 56.7. The van der Waals surface area contributed by atoms with E-state index in [2.05, 4.69) is 0 Å². The van der Waals surface area contributed by atoms with Crippen LogP contribution in [0.2, 0.25) is 0 Å². The van der Waals surface area contributed by atoms with Gasteiger partial charge in [-0.2, -0.15) is 8.42 Å². The Kier molecular flexibility index (Phi) is 5.61. The fourth-order valence-electron chi connectivity index (χ4n) is 1.96. The van der Waals surface area contributed by atoms with E-state index in [9.17, 15) is 21.9 Å². The highest BCUT2D eigenvalue weighted by atomic mass is 35.5. The fraction of sp³-hybridized carbons (Fsp3) is 1.00. The molecular weight excluding hydrogens is 318 g/mol. The normalized spacial score (nSPS) is 21.4. The summed E-state index contributed by atoms with van der Waals surface area (Å²) in [4.78, 5) is -2.71. The van der Waals surface area contributed by atoms with Crippen molar-refractivity contribution in [2.75, 3.05) is 24.7 Å². The van der Waals surface area contributed by atoms with Crippen molar-refractivity contribution in [2.45, 2.75) is 30.6 Å². The summed E-state index contributed by atoms with van der Waals surface area (Å²) in [7, 11) is -8.84. The van der Waals surface area contributed by atoms with Gasteiger partial charge in [0.2, 0.25) is 15.0 Å². The number of sulfonamides is 1. The maximum Gasteiger partial charge on any atom is 0.296 e. The Labute approximate surface area is 118 Å². The molecule has 10 heteroatoms. The smallest absolute Gasteiger partial charge is 0.296 e. The minimum absolute atomic E-state index is 0.0571. The van der Waals surface area contributed by atoms with Crippen LogP contribution in [0.15, 0.2) is 0 Å². The predicted octanol–water partition coefficient (Wildman–Crippen LogP) is 0.00740. The molecule has 0 spiro atoms. The van der Waals surface area contributed by atoms with Crippen LogP contribution < -0.4 is 0 Å². The summed E-state index contributed by atoms with van der Waals surface area (Å²) >= 11 is 5.41. The Morgan fingerprint density at radius 2 is 1.68 bits per heavy atom. The first kappa shape index (κ1) is 17.1. The Hall–Kier alpha value is 0.0700. The Morgan fingerprint density at radius 1 is 1.16 bits per heavy atom. The molecule has 1 aliphatic rings. The van der Waals surface area contributed by atoms with Crippen LogP contribution in [-0.2, 0) is 20.1 Å². The number of nitrogens with zero attached hydrogens (tertiary/aromatic N) is 1. The third kappa shape index (κ3) is 4.27. The molecule has 19 heavy (non-hydrogen) atoms. The van der Waals surface area contributed by atoms with Crippen LogP contribution in [0.5, 0.6) is 0 Å². The van der Waals surface area contributed by atoms with Gasteiger partial charge in [-0.15, -0.1) is 11.6 Å². The highest BCUT2D eigenvalue weighted by molar-refractivity contribution is 7.92. The van der Waals surface area contributed by atoms with Crippen molar-refractivity contribution >= 4 is 31.7 Å². The molecule has 2 N–H and O–H groups in total. The van der Waals surface area contributed by atoms with Crippen LogP contribution in [0.4, 0.5) is 0 Å². The zero-order valence-electron chi connectivity index (χ0n) is 10.3. The van der Waals surface area contributed by atoms with E-state index in [0.717, 1.165) is 4.31 Å². The monoisotopic (exact) mass is 335 g/mol. The van der Waals surface area contributed by atoms with E-state index >= 15 is 0 Å². The predicted molar refractivity (Wildman–Crippen MR) is 71.0 cm³/mol. The first-order valence-corrected chi connectivity index (χ1v) is 9.44. The highest BCUT2D eigenvalue weighted by Gasteiger charge is 2.46. The number of aliphatic hydroxyl groups is 1. The second-order valence-electron chi connectivity index (χ2n) is 4.58. The summed E-state index contributed by atoms with van der Waals surface area (Å²) in [6.07, 6.45) is 1.05. The molecule has 0 aliphatic carbocycles. The number of alkyl halides is 1. The van der Waals surface area contributed by atoms with Gasteiger partial charge >= 0.3 is 0 Å². The number of halogens is 1. The lowest BCUT2D eigenvalue weighted by molar-refractivity contribution is 0.123. The van der Waals surface area contributed by atoms with Crippen LogP contribution in [0.25, 0.3) is 0 Å². The van der Waals surface area contributed by atoms with Crippen LogP contribution in [0, 0.1) is 0 Å². The third-order valence-corrected chi connectivity index (χ3v) is 6.80. The van der Waals surface area contributed by atoms with Gasteiger partial charge in [-0.1, -0.05) is 0 Å². The van der Waals surface area contributed by atoms with Gasteiger partial charge < -0.3 is 5.11 Å². The van der Waals surface area contributed by atoms with Gasteiger partial charge in [-0.3, -0.25) is 4.55 Å². The molecule has 0 aromatic rings. The van der Waals surface area contributed by atoms with E-state index in [1.54, 1.807) is 0 Å². The molecule has 1 saturated heterocycles. The van der Waals surface area contributed by atoms with Gasteiger partial charge in [0.25, 0.3) is 10.1 Å². The van der Waals surface area contributed by atoms with Gasteiger partial charge in [-0.05, 0) is 25.7 Å². The topological polar surface area (TPSA) is 112 Å². The maximum absolute atomic E-state index is 12.0. The Morgan fingerprint density at radius 3 is 2.11 bits per heavy atom. The molecule has 0 radical (unpaired) electrons. The van der Waals surface area contributed by atoms with Crippen molar-refractivity contribution in [2.24, 2.45) is 0 Å². The SMILES string of the molecule is O=S(=O)(CC(O)(CCCCl)S(=O)(=O)O)N1CCCC1. The zero-order valence-corrected chi connectivity index (χ0v) is 12.7.